The van der Waals surface area contributed by atoms with Crippen LogP contribution >= 0.6 is 0 Å². The summed E-state index contributed by atoms with van der Waals surface area (Å²) in [6.45, 7) is 6.27. The number of carbonyl (C=O) groups is 2. The number of hydroxylamine groups is 2. The summed E-state index contributed by atoms with van der Waals surface area (Å²) in [6.07, 6.45) is 20.4. The van der Waals surface area contributed by atoms with Crippen molar-refractivity contribution in [2.45, 2.75) is 130 Å². The molecule has 1 amide bonds. The molecule has 4 heteroatoms. The Bertz CT molecular complexity index is 358. The van der Waals surface area contributed by atoms with Crippen molar-refractivity contribution in [2.24, 2.45) is 0 Å². The predicted molar refractivity (Wildman–Crippen MR) is 113 cm³/mol. The summed E-state index contributed by atoms with van der Waals surface area (Å²) >= 11 is 0. The highest BCUT2D eigenvalue weighted by atomic mass is 16.7. The molecule has 0 saturated heterocycles. The van der Waals surface area contributed by atoms with E-state index in [0.717, 1.165) is 12.8 Å². The van der Waals surface area contributed by atoms with E-state index >= 15 is 0 Å². The summed E-state index contributed by atoms with van der Waals surface area (Å²) in [7, 11) is 0. The van der Waals surface area contributed by atoms with Crippen LogP contribution in [0.5, 0.6) is 0 Å². The van der Waals surface area contributed by atoms with Crippen LogP contribution < -0.4 is 0 Å². The number of unbranched alkanes of at least 4 members (excludes halogenated alkanes) is 14. The molecule has 27 heavy (non-hydrogen) atoms. The molecule has 0 atom stereocenters. The Morgan fingerprint density at radius 1 is 0.630 bits per heavy atom. The average Bonchev–Trinajstić information content (AvgIpc) is 2.68. The predicted octanol–water partition coefficient (Wildman–Crippen LogP) is 6.96. The van der Waals surface area contributed by atoms with Crippen molar-refractivity contribution < 1.29 is 14.4 Å². The minimum atomic E-state index is -0.284. The normalized spacial score (nSPS) is 10.8. The van der Waals surface area contributed by atoms with Gasteiger partial charge in [0.15, 0.2) is 0 Å². The number of nitrogens with zero attached hydrogens (tertiary/aromatic N) is 1. The Hall–Kier alpha value is -1.06. The smallest absolute Gasteiger partial charge is 0.332 e. The number of hydrogen-bond donors (Lipinski definition) is 0. The number of rotatable bonds is 18. The average molecular weight is 384 g/mol. The van der Waals surface area contributed by atoms with E-state index in [1.54, 1.807) is 6.92 Å². The highest BCUT2D eigenvalue weighted by molar-refractivity contribution is 5.77. The van der Waals surface area contributed by atoms with Gasteiger partial charge in [-0.15, -0.1) is 0 Å². The van der Waals surface area contributed by atoms with Crippen molar-refractivity contribution in [3.05, 3.63) is 0 Å². The van der Waals surface area contributed by atoms with Crippen molar-refractivity contribution in [3.63, 3.8) is 0 Å². The van der Waals surface area contributed by atoms with Crippen LogP contribution in [-0.4, -0.2) is 23.5 Å². The fourth-order valence-corrected chi connectivity index (χ4v) is 3.28. The molecule has 0 aromatic heterocycles. The molecule has 160 valence electrons. The zero-order chi connectivity index (χ0) is 20.2. The topological polar surface area (TPSA) is 46.6 Å². The molecule has 0 aliphatic carbocycles. The van der Waals surface area contributed by atoms with Crippen LogP contribution in [0.3, 0.4) is 0 Å². The third kappa shape index (κ3) is 16.8. The summed E-state index contributed by atoms with van der Waals surface area (Å²) in [5.41, 5.74) is 0. The molecule has 0 aromatic rings. The van der Waals surface area contributed by atoms with Gasteiger partial charge in [0.05, 0.1) is 6.54 Å². The second kappa shape index (κ2) is 19.7. The van der Waals surface area contributed by atoms with Gasteiger partial charge in [-0.25, -0.2) is 4.79 Å². The first-order valence-electron chi connectivity index (χ1n) is 11.7. The molecule has 0 aromatic carbocycles. The number of amides is 1. The van der Waals surface area contributed by atoms with Crippen molar-refractivity contribution >= 4 is 11.9 Å². The van der Waals surface area contributed by atoms with Gasteiger partial charge in [0.25, 0.3) is 5.91 Å². The van der Waals surface area contributed by atoms with Gasteiger partial charge in [-0.05, 0) is 13.3 Å². The van der Waals surface area contributed by atoms with E-state index in [1.165, 1.54) is 88.5 Å². The van der Waals surface area contributed by atoms with E-state index in [2.05, 4.69) is 6.92 Å². The van der Waals surface area contributed by atoms with Crippen LogP contribution in [0.4, 0.5) is 0 Å². The third-order valence-corrected chi connectivity index (χ3v) is 5.06. The maximum absolute atomic E-state index is 11.8. The van der Waals surface area contributed by atoms with Crippen LogP contribution in [0, 0.1) is 0 Å². The first-order chi connectivity index (χ1) is 13.2. The van der Waals surface area contributed by atoms with Crippen LogP contribution in [0.15, 0.2) is 0 Å². The Morgan fingerprint density at radius 3 is 1.41 bits per heavy atom. The van der Waals surface area contributed by atoms with E-state index in [-0.39, 0.29) is 11.9 Å². The van der Waals surface area contributed by atoms with Crippen molar-refractivity contribution in [3.8, 4) is 0 Å². The molecule has 4 nitrogen and oxygen atoms in total. The Labute approximate surface area is 168 Å². The van der Waals surface area contributed by atoms with E-state index in [1.807, 2.05) is 6.92 Å². The van der Waals surface area contributed by atoms with E-state index in [0.29, 0.717) is 19.4 Å². The van der Waals surface area contributed by atoms with Gasteiger partial charge < -0.3 is 4.84 Å². The lowest BCUT2D eigenvalue weighted by atomic mass is 10.0. The van der Waals surface area contributed by atoms with E-state index in [4.69, 9.17) is 4.84 Å². The van der Waals surface area contributed by atoms with E-state index < -0.39 is 0 Å². The third-order valence-electron chi connectivity index (χ3n) is 5.06. The van der Waals surface area contributed by atoms with E-state index in [9.17, 15) is 9.59 Å². The van der Waals surface area contributed by atoms with Crippen LogP contribution in [0.25, 0.3) is 0 Å². The minimum Gasteiger partial charge on any atom is -0.338 e. The quantitative estimate of drug-likeness (QED) is 0.190. The fourth-order valence-electron chi connectivity index (χ4n) is 3.28. The van der Waals surface area contributed by atoms with Crippen LogP contribution in [0.2, 0.25) is 0 Å². The zero-order valence-corrected chi connectivity index (χ0v) is 18.4. The summed E-state index contributed by atoms with van der Waals surface area (Å²) in [4.78, 5) is 28.4. The van der Waals surface area contributed by atoms with Gasteiger partial charge in [-0.3, -0.25) is 4.79 Å². The Kier molecular flexibility index (Phi) is 18.9. The maximum atomic E-state index is 11.8. The molecule has 0 bridgehead atoms. The second-order valence-corrected chi connectivity index (χ2v) is 7.61. The Morgan fingerprint density at radius 2 is 1.04 bits per heavy atom. The molecule has 0 fully saturated rings. The standard InChI is InChI=1S/C23H45NO3/c1-4-7-8-9-10-11-12-13-14-15-16-17-18-19-20-21-23(26)27-24(6-3)22(25)5-2/h4-21H2,1-3H3. The molecule has 0 saturated carbocycles. The molecule has 0 unspecified atom stereocenters. The largest absolute Gasteiger partial charge is 0.338 e. The molecule has 0 spiro atoms. The molecular formula is C23H45NO3. The summed E-state index contributed by atoms with van der Waals surface area (Å²) < 4.78 is 0. The van der Waals surface area contributed by atoms with Gasteiger partial charge >= 0.3 is 5.97 Å². The first kappa shape index (κ1) is 25.9. The summed E-state index contributed by atoms with van der Waals surface area (Å²) in [5, 5.41) is 1.17. The molecule has 0 aliphatic rings. The highest BCUT2D eigenvalue weighted by Crippen LogP contribution is 2.14. The van der Waals surface area contributed by atoms with Crippen molar-refractivity contribution in [1.29, 1.82) is 0 Å². The lowest BCUT2D eigenvalue weighted by molar-refractivity contribution is -0.197. The van der Waals surface area contributed by atoms with Crippen LogP contribution in [0.1, 0.15) is 130 Å². The Balaban J connectivity index is 3.33. The minimum absolute atomic E-state index is 0.137. The van der Waals surface area contributed by atoms with Gasteiger partial charge in [0.1, 0.15) is 0 Å². The molecule has 0 N–H and O–H groups in total. The van der Waals surface area contributed by atoms with Crippen molar-refractivity contribution in [2.75, 3.05) is 6.54 Å². The van der Waals surface area contributed by atoms with Gasteiger partial charge in [-0.2, -0.15) is 5.06 Å². The molecule has 0 radical (unpaired) electrons. The van der Waals surface area contributed by atoms with Gasteiger partial charge in [0.2, 0.25) is 0 Å². The number of carbonyl (C=O) groups excluding carboxylic acids is 2. The SMILES string of the molecule is CCCCCCCCCCCCCCCCCC(=O)ON(CC)C(=O)CC. The monoisotopic (exact) mass is 383 g/mol. The molecular weight excluding hydrogens is 338 g/mol. The van der Waals surface area contributed by atoms with Gasteiger partial charge in [0, 0.05) is 12.8 Å². The first-order valence-corrected chi connectivity index (χ1v) is 11.7. The highest BCUT2D eigenvalue weighted by Gasteiger charge is 2.14. The number of hydrogen-bond acceptors (Lipinski definition) is 3. The molecule has 0 heterocycles. The molecule has 0 aliphatic heterocycles. The lowest BCUT2D eigenvalue weighted by Gasteiger charge is -2.18. The zero-order valence-electron chi connectivity index (χ0n) is 18.4. The maximum Gasteiger partial charge on any atom is 0.332 e. The van der Waals surface area contributed by atoms with Crippen molar-refractivity contribution in [1.82, 2.24) is 5.06 Å². The van der Waals surface area contributed by atoms with Crippen LogP contribution in [-0.2, 0) is 14.4 Å². The summed E-state index contributed by atoms with van der Waals surface area (Å²) in [5.74, 6) is -0.421. The molecule has 0 rings (SSSR count). The summed E-state index contributed by atoms with van der Waals surface area (Å²) in [6, 6.07) is 0. The fraction of sp³-hybridized carbons (Fsp3) is 0.913. The second-order valence-electron chi connectivity index (χ2n) is 7.61. The van der Waals surface area contributed by atoms with Gasteiger partial charge in [-0.1, -0.05) is 104 Å². The lowest BCUT2D eigenvalue weighted by Crippen LogP contribution is -2.32.